The number of rotatable bonds is 7. The van der Waals surface area contributed by atoms with E-state index in [1.54, 1.807) is 24.4 Å². The molecule has 1 amide bonds. The fourth-order valence-electron chi connectivity index (χ4n) is 3.31. The van der Waals surface area contributed by atoms with Crippen LogP contribution in [0.2, 0.25) is 0 Å². The molecule has 0 radical (unpaired) electrons. The van der Waals surface area contributed by atoms with E-state index in [2.05, 4.69) is 33.4 Å². The van der Waals surface area contributed by atoms with Gasteiger partial charge in [0, 0.05) is 25.0 Å². The molecule has 0 aliphatic heterocycles. The summed E-state index contributed by atoms with van der Waals surface area (Å²) in [6, 6.07) is 18.9. The Labute approximate surface area is 164 Å². The molecule has 3 aromatic rings. The Morgan fingerprint density at radius 2 is 1.89 bits per heavy atom. The number of carbonyl (C=O) groups is 1. The second-order valence-electron chi connectivity index (χ2n) is 7.11. The van der Waals surface area contributed by atoms with Gasteiger partial charge in [-0.05, 0) is 53.8 Å². The van der Waals surface area contributed by atoms with Gasteiger partial charge in [0.05, 0.1) is 12.2 Å². The summed E-state index contributed by atoms with van der Waals surface area (Å²) < 4.78 is 13.8. The molecule has 142 valence electrons. The zero-order valence-corrected chi connectivity index (χ0v) is 15.5. The fourth-order valence-corrected chi connectivity index (χ4v) is 3.31. The van der Waals surface area contributed by atoms with Gasteiger partial charge in [-0.3, -0.25) is 14.7 Å². The van der Waals surface area contributed by atoms with Crippen LogP contribution in [0.1, 0.15) is 18.4 Å². The molecule has 1 aromatic heterocycles. The van der Waals surface area contributed by atoms with Gasteiger partial charge in [-0.25, -0.2) is 4.39 Å². The van der Waals surface area contributed by atoms with Crippen LogP contribution >= 0.6 is 0 Å². The van der Waals surface area contributed by atoms with Crippen LogP contribution in [-0.2, 0) is 11.3 Å². The summed E-state index contributed by atoms with van der Waals surface area (Å²) in [5.74, 6) is -0.613. The number of benzene rings is 2. The molecule has 1 heterocycles. The van der Waals surface area contributed by atoms with Gasteiger partial charge in [-0.2, -0.15) is 0 Å². The third-order valence-electron chi connectivity index (χ3n) is 4.87. The van der Waals surface area contributed by atoms with Crippen molar-refractivity contribution in [2.45, 2.75) is 25.4 Å². The number of carbonyl (C=O) groups excluding carboxylic acids is 1. The molecule has 1 aliphatic rings. The SMILES string of the molecule is O=C(CN(Cc1cccc(-c2cccnc2)c1)C1CC1)Nc1ccccc1F. The van der Waals surface area contributed by atoms with Gasteiger partial charge in [0.25, 0.3) is 0 Å². The highest BCUT2D eigenvalue weighted by Crippen LogP contribution is 2.29. The predicted octanol–water partition coefficient (Wildman–Crippen LogP) is 4.49. The first-order valence-electron chi connectivity index (χ1n) is 9.47. The average Bonchev–Trinajstić information content (AvgIpc) is 3.56. The highest BCUT2D eigenvalue weighted by Gasteiger charge is 2.30. The number of halogens is 1. The normalized spacial score (nSPS) is 13.5. The van der Waals surface area contributed by atoms with Crippen LogP contribution < -0.4 is 5.32 Å². The predicted molar refractivity (Wildman–Crippen MR) is 108 cm³/mol. The first-order valence-corrected chi connectivity index (χ1v) is 9.47. The largest absolute Gasteiger partial charge is 0.322 e. The van der Waals surface area contributed by atoms with E-state index in [1.807, 2.05) is 24.4 Å². The lowest BCUT2D eigenvalue weighted by molar-refractivity contribution is -0.117. The average molecular weight is 375 g/mol. The third-order valence-corrected chi connectivity index (χ3v) is 4.87. The molecule has 1 fully saturated rings. The lowest BCUT2D eigenvalue weighted by atomic mass is 10.0. The molecule has 5 heteroatoms. The minimum absolute atomic E-state index is 0.194. The molecule has 0 atom stereocenters. The van der Waals surface area contributed by atoms with Crippen LogP contribution in [0.25, 0.3) is 11.1 Å². The van der Waals surface area contributed by atoms with Crippen LogP contribution in [-0.4, -0.2) is 28.4 Å². The van der Waals surface area contributed by atoms with Crippen LogP contribution in [0.5, 0.6) is 0 Å². The van der Waals surface area contributed by atoms with Crippen molar-refractivity contribution in [1.29, 1.82) is 0 Å². The Morgan fingerprint density at radius 3 is 2.64 bits per heavy atom. The Balaban J connectivity index is 1.44. The van der Waals surface area contributed by atoms with Crippen molar-refractivity contribution in [3.8, 4) is 11.1 Å². The van der Waals surface area contributed by atoms with Crippen LogP contribution in [0.3, 0.4) is 0 Å². The summed E-state index contributed by atoms with van der Waals surface area (Å²) in [5.41, 5.74) is 3.55. The number of para-hydroxylation sites is 1. The number of pyridine rings is 1. The fraction of sp³-hybridized carbons (Fsp3) is 0.217. The molecule has 1 N–H and O–H groups in total. The van der Waals surface area contributed by atoms with Crippen LogP contribution in [0.4, 0.5) is 10.1 Å². The van der Waals surface area contributed by atoms with Gasteiger partial charge in [0.2, 0.25) is 5.91 Å². The highest BCUT2D eigenvalue weighted by molar-refractivity contribution is 5.92. The quantitative estimate of drug-likeness (QED) is 0.662. The van der Waals surface area contributed by atoms with Crippen molar-refractivity contribution >= 4 is 11.6 Å². The summed E-state index contributed by atoms with van der Waals surface area (Å²) in [5, 5.41) is 2.68. The van der Waals surface area contributed by atoms with E-state index in [9.17, 15) is 9.18 Å². The molecule has 28 heavy (non-hydrogen) atoms. The first-order chi connectivity index (χ1) is 13.7. The molecule has 4 rings (SSSR count). The number of nitrogens with zero attached hydrogens (tertiary/aromatic N) is 2. The monoisotopic (exact) mass is 375 g/mol. The number of anilines is 1. The number of nitrogens with one attached hydrogen (secondary N) is 1. The van der Waals surface area contributed by atoms with Gasteiger partial charge in [-0.15, -0.1) is 0 Å². The third kappa shape index (κ3) is 4.61. The van der Waals surface area contributed by atoms with E-state index >= 15 is 0 Å². The maximum absolute atomic E-state index is 13.8. The molecule has 1 aliphatic carbocycles. The maximum Gasteiger partial charge on any atom is 0.238 e. The van der Waals surface area contributed by atoms with Gasteiger partial charge in [-0.1, -0.05) is 36.4 Å². The van der Waals surface area contributed by atoms with Gasteiger partial charge >= 0.3 is 0 Å². The van der Waals surface area contributed by atoms with Gasteiger partial charge in [0.1, 0.15) is 5.82 Å². The summed E-state index contributed by atoms with van der Waals surface area (Å²) >= 11 is 0. The van der Waals surface area contributed by atoms with Gasteiger partial charge < -0.3 is 5.32 Å². The topological polar surface area (TPSA) is 45.2 Å². The van der Waals surface area contributed by atoms with Crippen LogP contribution in [0.15, 0.2) is 73.1 Å². The summed E-state index contributed by atoms with van der Waals surface area (Å²) in [7, 11) is 0. The molecular formula is C23H22FN3O. The standard InChI is InChI=1S/C23H22FN3O/c24-21-8-1-2-9-22(21)26-23(28)16-27(20-10-11-20)15-17-5-3-6-18(13-17)19-7-4-12-25-14-19/h1-9,12-14,20H,10-11,15-16H2,(H,26,28). The zero-order chi connectivity index (χ0) is 19.3. The van der Waals surface area contributed by atoms with Crippen molar-refractivity contribution in [3.05, 3.63) is 84.4 Å². The van der Waals surface area contributed by atoms with Crippen molar-refractivity contribution in [1.82, 2.24) is 9.88 Å². The summed E-state index contributed by atoms with van der Waals surface area (Å²) in [6.45, 7) is 0.930. The van der Waals surface area contributed by atoms with Crippen molar-refractivity contribution in [2.24, 2.45) is 0 Å². The minimum Gasteiger partial charge on any atom is -0.322 e. The smallest absolute Gasteiger partial charge is 0.238 e. The molecule has 1 saturated carbocycles. The van der Waals surface area contributed by atoms with E-state index in [4.69, 9.17) is 0 Å². The molecule has 0 spiro atoms. The second kappa shape index (κ2) is 8.31. The van der Waals surface area contributed by atoms with Gasteiger partial charge in [0.15, 0.2) is 0 Å². The van der Waals surface area contributed by atoms with Crippen molar-refractivity contribution in [3.63, 3.8) is 0 Å². The second-order valence-corrected chi connectivity index (χ2v) is 7.11. The van der Waals surface area contributed by atoms with E-state index in [0.717, 1.165) is 29.5 Å². The molecule has 0 unspecified atom stereocenters. The molecule has 4 nitrogen and oxygen atoms in total. The number of amides is 1. The van der Waals surface area contributed by atoms with E-state index in [-0.39, 0.29) is 18.1 Å². The lowest BCUT2D eigenvalue weighted by Crippen LogP contribution is -2.34. The molecular weight excluding hydrogens is 353 g/mol. The molecule has 0 bridgehead atoms. The Morgan fingerprint density at radius 1 is 1.07 bits per heavy atom. The zero-order valence-electron chi connectivity index (χ0n) is 15.5. The van der Waals surface area contributed by atoms with E-state index < -0.39 is 5.82 Å². The maximum atomic E-state index is 13.8. The lowest BCUT2D eigenvalue weighted by Gasteiger charge is -2.22. The number of hydrogen-bond acceptors (Lipinski definition) is 3. The minimum atomic E-state index is -0.419. The first kappa shape index (κ1) is 18.3. The van der Waals surface area contributed by atoms with E-state index in [0.29, 0.717) is 12.6 Å². The molecule has 2 aromatic carbocycles. The van der Waals surface area contributed by atoms with E-state index in [1.165, 1.54) is 6.07 Å². The van der Waals surface area contributed by atoms with Crippen molar-refractivity contribution in [2.75, 3.05) is 11.9 Å². The Kier molecular flexibility index (Phi) is 5.44. The summed E-state index contributed by atoms with van der Waals surface area (Å²) in [4.78, 5) is 18.8. The summed E-state index contributed by atoms with van der Waals surface area (Å²) in [6.07, 6.45) is 5.79. The van der Waals surface area contributed by atoms with Crippen molar-refractivity contribution < 1.29 is 9.18 Å². The number of hydrogen-bond donors (Lipinski definition) is 1. The van der Waals surface area contributed by atoms with Crippen LogP contribution in [0, 0.1) is 5.82 Å². The Bertz CT molecular complexity index is 957. The molecule has 0 saturated heterocycles. The highest BCUT2D eigenvalue weighted by atomic mass is 19.1. The number of aromatic nitrogens is 1. The Hall–Kier alpha value is -3.05.